The Balaban J connectivity index is 2.52. The molecule has 5 nitrogen and oxygen atoms in total. The van der Waals surface area contributed by atoms with Crippen LogP contribution < -0.4 is 0 Å². The predicted molar refractivity (Wildman–Crippen MR) is 78.5 cm³/mol. The molecule has 0 amide bonds. The Morgan fingerprint density at radius 2 is 2.21 bits per heavy atom. The summed E-state index contributed by atoms with van der Waals surface area (Å²) in [4.78, 5) is 17.1. The number of benzene rings is 1. The first kappa shape index (κ1) is 13.5. The molecule has 0 aliphatic rings. The number of halogens is 1. The first-order valence-electron chi connectivity index (χ1n) is 5.61. The lowest BCUT2D eigenvalue weighted by Gasteiger charge is -2.06. The van der Waals surface area contributed by atoms with Gasteiger partial charge >= 0.3 is 0 Å². The van der Waals surface area contributed by atoms with E-state index in [0.717, 1.165) is 16.4 Å². The Labute approximate surface area is 119 Å². The summed E-state index contributed by atoms with van der Waals surface area (Å²) >= 11 is 3.41. The number of carbonyl (C=O) groups is 1. The topological polar surface area (TPSA) is 50.5 Å². The highest BCUT2D eigenvalue weighted by molar-refractivity contribution is 9.10. The van der Waals surface area contributed by atoms with E-state index in [0.29, 0.717) is 11.4 Å². The number of nitrogens with zero attached hydrogens (tertiary/aromatic N) is 4. The molecule has 0 radical (unpaired) electrons. The molecule has 19 heavy (non-hydrogen) atoms. The molecule has 0 saturated heterocycles. The van der Waals surface area contributed by atoms with Crippen LogP contribution in [0.4, 0.5) is 5.82 Å². The molecule has 0 unspecified atom stereocenters. The van der Waals surface area contributed by atoms with Gasteiger partial charge in [0.2, 0.25) is 0 Å². The van der Waals surface area contributed by atoms with Crippen LogP contribution in [0, 0.1) is 0 Å². The Kier molecular flexibility index (Phi) is 4.11. The van der Waals surface area contributed by atoms with Crippen molar-refractivity contribution in [2.24, 2.45) is 4.99 Å². The predicted octanol–water partition coefficient (Wildman–Crippen LogP) is 2.67. The molecular formula is C13H13BrN4O. The molecule has 98 valence electrons. The molecule has 1 heterocycles. The first-order valence-corrected chi connectivity index (χ1v) is 6.41. The summed E-state index contributed by atoms with van der Waals surface area (Å²) in [5, 5.41) is 4.21. The van der Waals surface area contributed by atoms with Gasteiger partial charge in [-0.3, -0.25) is 4.79 Å². The summed E-state index contributed by atoms with van der Waals surface area (Å²) in [5.74, 6) is 0.516. The van der Waals surface area contributed by atoms with Crippen LogP contribution in [0.2, 0.25) is 0 Å². The van der Waals surface area contributed by atoms with E-state index >= 15 is 0 Å². The lowest BCUT2D eigenvalue weighted by atomic mass is 10.3. The molecule has 0 spiro atoms. The fourth-order valence-corrected chi connectivity index (χ4v) is 1.92. The zero-order chi connectivity index (χ0) is 13.8. The van der Waals surface area contributed by atoms with Gasteiger partial charge in [0.25, 0.3) is 0 Å². The van der Waals surface area contributed by atoms with Crippen LogP contribution in [0.25, 0.3) is 5.69 Å². The van der Waals surface area contributed by atoms with Crippen LogP contribution in [-0.4, -0.2) is 41.4 Å². The number of rotatable bonds is 4. The van der Waals surface area contributed by atoms with Gasteiger partial charge in [-0.15, -0.1) is 0 Å². The van der Waals surface area contributed by atoms with Gasteiger partial charge in [-0.1, -0.05) is 22.0 Å². The van der Waals surface area contributed by atoms with E-state index in [-0.39, 0.29) is 0 Å². The second-order valence-electron chi connectivity index (χ2n) is 4.14. The second-order valence-corrected chi connectivity index (χ2v) is 5.06. The zero-order valence-electron chi connectivity index (χ0n) is 10.6. The number of hydrogen-bond donors (Lipinski definition) is 0. The van der Waals surface area contributed by atoms with Crippen molar-refractivity contribution in [2.75, 3.05) is 14.1 Å². The Morgan fingerprint density at radius 3 is 2.84 bits per heavy atom. The van der Waals surface area contributed by atoms with Gasteiger partial charge in [0.1, 0.15) is 0 Å². The summed E-state index contributed by atoms with van der Waals surface area (Å²) in [6, 6.07) is 7.65. The fourth-order valence-electron chi connectivity index (χ4n) is 1.53. The molecule has 0 atom stereocenters. The van der Waals surface area contributed by atoms with Gasteiger partial charge in [-0.25, -0.2) is 9.67 Å². The van der Waals surface area contributed by atoms with Crippen molar-refractivity contribution in [1.29, 1.82) is 0 Å². The molecule has 0 N–H and O–H groups in total. The van der Waals surface area contributed by atoms with Crippen LogP contribution >= 0.6 is 15.9 Å². The van der Waals surface area contributed by atoms with Crippen molar-refractivity contribution < 1.29 is 4.79 Å². The number of hydrogen-bond acceptors (Lipinski definition) is 3. The maximum atomic E-state index is 11.0. The highest BCUT2D eigenvalue weighted by Crippen LogP contribution is 2.23. The molecule has 0 bridgehead atoms. The zero-order valence-corrected chi connectivity index (χ0v) is 12.2. The minimum atomic E-state index is 0.457. The van der Waals surface area contributed by atoms with Gasteiger partial charge in [-0.05, 0) is 18.2 Å². The van der Waals surface area contributed by atoms with Crippen LogP contribution in [0.5, 0.6) is 0 Å². The number of aldehydes is 1. The third-order valence-corrected chi connectivity index (χ3v) is 2.86. The monoisotopic (exact) mass is 320 g/mol. The Morgan fingerprint density at radius 1 is 1.42 bits per heavy atom. The second kappa shape index (κ2) is 5.79. The minimum absolute atomic E-state index is 0.457. The molecule has 0 saturated carbocycles. The summed E-state index contributed by atoms with van der Waals surface area (Å²) in [7, 11) is 3.73. The van der Waals surface area contributed by atoms with Crippen molar-refractivity contribution in [3.8, 4) is 5.69 Å². The summed E-state index contributed by atoms with van der Waals surface area (Å²) < 4.78 is 2.57. The van der Waals surface area contributed by atoms with E-state index in [9.17, 15) is 4.79 Å². The molecule has 0 fully saturated rings. The van der Waals surface area contributed by atoms with Gasteiger partial charge < -0.3 is 4.90 Å². The number of aromatic nitrogens is 2. The van der Waals surface area contributed by atoms with E-state index < -0.39 is 0 Å². The summed E-state index contributed by atoms with van der Waals surface area (Å²) in [6.07, 6.45) is 3.90. The first-order chi connectivity index (χ1) is 9.11. The lowest BCUT2D eigenvalue weighted by Crippen LogP contribution is -2.08. The van der Waals surface area contributed by atoms with E-state index in [2.05, 4.69) is 26.0 Å². The smallest absolute Gasteiger partial charge is 0.167 e. The van der Waals surface area contributed by atoms with Crippen molar-refractivity contribution in [1.82, 2.24) is 14.7 Å². The molecule has 6 heteroatoms. The minimum Gasteiger partial charge on any atom is -0.369 e. The fraction of sp³-hybridized carbons (Fsp3) is 0.154. The van der Waals surface area contributed by atoms with Gasteiger partial charge in [0.05, 0.1) is 23.8 Å². The molecule has 0 aliphatic carbocycles. The van der Waals surface area contributed by atoms with Crippen LogP contribution in [0.1, 0.15) is 10.4 Å². The number of carbonyl (C=O) groups excluding carboxylic acids is 1. The maximum absolute atomic E-state index is 11.0. The quantitative estimate of drug-likeness (QED) is 0.494. The van der Waals surface area contributed by atoms with E-state index in [1.807, 2.05) is 38.4 Å². The molecule has 2 rings (SSSR count). The average Bonchev–Trinajstić information content (AvgIpc) is 2.79. The van der Waals surface area contributed by atoms with Crippen molar-refractivity contribution >= 4 is 34.4 Å². The SMILES string of the molecule is CN(C)/C=N/c1c(C=O)cnn1-c1cccc(Br)c1. The molecule has 1 aromatic heterocycles. The van der Waals surface area contributed by atoms with Crippen LogP contribution in [0.3, 0.4) is 0 Å². The van der Waals surface area contributed by atoms with E-state index in [1.54, 1.807) is 15.9 Å². The Bertz CT molecular complexity index is 619. The van der Waals surface area contributed by atoms with Crippen molar-refractivity contribution in [3.63, 3.8) is 0 Å². The normalized spacial score (nSPS) is 10.9. The Hall–Kier alpha value is -1.95. The van der Waals surface area contributed by atoms with Crippen LogP contribution in [0.15, 0.2) is 39.9 Å². The highest BCUT2D eigenvalue weighted by atomic mass is 79.9. The third-order valence-electron chi connectivity index (χ3n) is 2.36. The highest BCUT2D eigenvalue weighted by Gasteiger charge is 2.10. The molecular weight excluding hydrogens is 308 g/mol. The van der Waals surface area contributed by atoms with Crippen molar-refractivity contribution in [3.05, 3.63) is 40.5 Å². The van der Waals surface area contributed by atoms with E-state index in [4.69, 9.17) is 0 Å². The lowest BCUT2D eigenvalue weighted by molar-refractivity contribution is 0.112. The molecule has 0 aliphatic heterocycles. The summed E-state index contributed by atoms with van der Waals surface area (Å²) in [6.45, 7) is 0. The summed E-state index contributed by atoms with van der Waals surface area (Å²) in [5.41, 5.74) is 1.30. The van der Waals surface area contributed by atoms with Gasteiger partial charge in [0, 0.05) is 18.6 Å². The standard InChI is InChI=1S/C13H13BrN4O/c1-17(2)9-15-13-10(8-19)7-16-18(13)12-5-3-4-11(14)6-12/h3-9H,1-2H3/b15-9+. The number of aliphatic imine (C=N–C) groups is 1. The average molecular weight is 321 g/mol. The third kappa shape index (κ3) is 3.08. The van der Waals surface area contributed by atoms with Gasteiger partial charge in [0.15, 0.2) is 12.1 Å². The van der Waals surface area contributed by atoms with Crippen LogP contribution in [-0.2, 0) is 0 Å². The van der Waals surface area contributed by atoms with E-state index in [1.165, 1.54) is 6.20 Å². The maximum Gasteiger partial charge on any atom is 0.167 e. The molecule has 1 aromatic carbocycles. The van der Waals surface area contributed by atoms with Crippen molar-refractivity contribution in [2.45, 2.75) is 0 Å². The molecule has 2 aromatic rings. The van der Waals surface area contributed by atoms with Gasteiger partial charge in [-0.2, -0.15) is 5.10 Å². The largest absolute Gasteiger partial charge is 0.369 e.